The molecule has 0 aromatic heterocycles. The molecule has 0 aliphatic heterocycles. The van der Waals surface area contributed by atoms with Gasteiger partial charge in [-0.15, -0.1) is 0 Å². The molecule has 106 valence electrons. The smallest absolute Gasteiger partial charge is 0.238 e. The van der Waals surface area contributed by atoms with Crippen molar-refractivity contribution in [2.75, 3.05) is 18.4 Å². The Balaban J connectivity index is 2.43. The molecule has 0 aliphatic carbocycles. The molecule has 0 radical (unpaired) electrons. The van der Waals surface area contributed by atoms with E-state index in [1.165, 1.54) is 5.56 Å². The van der Waals surface area contributed by atoms with Gasteiger partial charge in [-0.25, -0.2) is 0 Å². The van der Waals surface area contributed by atoms with E-state index >= 15 is 0 Å². The van der Waals surface area contributed by atoms with Crippen LogP contribution in [0.15, 0.2) is 24.3 Å². The minimum absolute atomic E-state index is 0.0135. The fraction of sp³-hybridized carbons (Fsp3) is 0.562. The van der Waals surface area contributed by atoms with Crippen LogP contribution in [-0.4, -0.2) is 19.0 Å². The van der Waals surface area contributed by atoms with Gasteiger partial charge in [0, 0.05) is 5.69 Å². The van der Waals surface area contributed by atoms with Crippen molar-refractivity contribution in [1.29, 1.82) is 0 Å². The lowest BCUT2D eigenvalue weighted by molar-refractivity contribution is -0.115. The number of amides is 1. The molecule has 0 atom stereocenters. The van der Waals surface area contributed by atoms with E-state index in [0.717, 1.165) is 25.1 Å². The lowest BCUT2D eigenvalue weighted by Crippen LogP contribution is -2.28. The predicted octanol–water partition coefficient (Wildman–Crippen LogP) is 3.31. The largest absolute Gasteiger partial charge is 0.325 e. The standard InChI is InChI=1S/C16H26N2O/c1-5-6-11-17-12-15(19)18-14-9-7-13(8-10-14)16(2,3)4/h7-10,17H,5-6,11-12H2,1-4H3,(H,18,19). The van der Waals surface area contributed by atoms with Gasteiger partial charge in [0.2, 0.25) is 5.91 Å². The Kier molecular flexibility index (Phi) is 6.03. The minimum Gasteiger partial charge on any atom is -0.325 e. The average Bonchev–Trinajstić information content (AvgIpc) is 2.34. The fourth-order valence-corrected chi connectivity index (χ4v) is 1.76. The van der Waals surface area contributed by atoms with E-state index in [4.69, 9.17) is 0 Å². The molecule has 0 saturated carbocycles. The van der Waals surface area contributed by atoms with Gasteiger partial charge in [0.1, 0.15) is 0 Å². The molecule has 0 saturated heterocycles. The molecule has 1 rings (SSSR count). The van der Waals surface area contributed by atoms with Crippen LogP contribution in [0, 0.1) is 0 Å². The van der Waals surface area contributed by atoms with Crippen molar-refractivity contribution in [2.45, 2.75) is 46.0 Å². The topological polar surface area (TPSA) is 41.1 Å². The highest BCUT2D eigenvalue weighted by molar-refractivity contribution is 5.92. The maximum absolute atomic E-state index is 11.7. The van der Waals surface area contributed by atoms with Crippen LogP contribution in [0.4, 0.5) is 5.69 Å². The van der Waals surface area contributed by atoms with Crippen molar-refractivity contribution in [3.05, 3.63) is 29.8 Å². The number of hydrogen-bond donors (Lipinski definition) is 2. The highest BCUT2D eigenvalue weighted by atomic mass is 16.1. The third kappa shape index (κ3) is 5.88. The van der Waals surface area contributed by atoms with Crippen LogP contribution in [-0.2, 0) is 10.2 Å². The first-order valence-corrected chi connectivity index (χ1v) is 7.04. The van der Waals surface area contributed by atoms with Gasteiger partial charge in [0.15, 0.2) is 0 Å². The highest BCUT2D eigenvalue weighted by Gasteiger charge is 2.13. The second-order valence-corrected chi connectivity index (χ2v) is 5.91. The van der Waals surface area contributed by atoms with Gasteiger partial charge in [-0.3, -0.25) is 4.79 Å². The number of rotatable bonds is 6. The molecule has 1 aromatic rings. The van der Waals surface area contributed by atoms with E-state index < -0.39 is 0 Å². The Bertz CT molecular complexity index is 390. The average molecular weight is 262 g/mol. The van der Waals surface area contributed by atoms with Crippen molar-refractivity contribution < 1.29 is 4.79 Å². The van der Waals surface area contributed by atoms with Crippen LogP contribution in [0.1, 0.15) is 46.1 Å². The first-order chi connectivity index (χ1) is 8.93. The monoisotopic (exact) mass is 262 g/mol. The van der Waals surface area contributed by atoms with Crippen molar-refractivity contribution >= 4 is 11.6 Å². The van der Waals surface area contributed by atoms with E-state index in [9.17, 15) is 4.79 Å². The summed E-state index contributed by atoms with van der Waals surface area (Å²) in [4.78, 5) is 11.7. The normalized spacial score (nSPS) is 11.4. The summed E-state index contributed by atoms with van der Waals surface area (Å²) in [6.07, 6.45) is 2.25. The molecular formula is C16H26N2O. The van der Waals surface area contributed by atoms with Crippen LogP contribution in [0.2, 0.25) is 0 Å². The molecule has 0 spiro atoms. The van der Waals surface area contributed by atoms with E-state index in [-0.39, 0.29) is 11.3 Å². The predicted molar refractivity (Wildman–Crippen MR) is 81.5 cm³/mol. The van der Waals surface area contributed by atoms with Gasteiger partial charge < -0.3 is 10.6 Å². The maximum atomic E-state index is 11.7. The van der Waals surface area contributed by atoms with Crippen LogP contribution < -0.4 is 10.6 Å². The second-order valence-electron chi connectivity index (χ2n) is 5.91. The molecule has 19 heavy (non-hydrogen) atoms. The van der Waals surface area contributed by atoms with Crippen molar-refractivity contribution in [2.24, 2.45) is 0 Å². The van der Waals surface area contributed by atoms with Gasteiger partial charge >= 0.3 is 0 Å². The summed E-state index contributed by atoms with van der Waals surface area (Å²) in [5.74, 6) is 0.0135. The van der Waals surface area contributed by atoms with E-state index in [1.807, 2.05) is 12.1 Å². The van der Waals surface area contributed by atoms with Crippen molar-refractivity contribution in [3.8, 4) is 0 Å². The van der Waals surface area contributed by atoms with Crippen LogP contribution in [0.3, 0.4) is 0 Å². The molecule has 3 nitrogen and oxygen atoms in total. The first-order valence-electron chi connectivity index (χ1n) is 7.04. The number of carbonyl (C=O) groups is 1. The molecule has 3 heteroatoms. The van der Waals surface area contributed by atoms with Gasteiger partial charge in [-0.1, -0.05) is 46.2 Å². The molecule has 1 aromatic carbocycles. The van der Waals surface area contributed by atoms with Crippen LogP contribution >= 0.6 is 0 Å². The van der Waals surface area contributed by atoms with Gasteiger partial charge in [0.25, 0.3) is 0 Å². The highest BCUT2D eigenvalue weighted by Crippen LogP contribution is 2.23. The van der Waals surface area contributed by atoms with Gasteiger partial charge in [-0.2, -0.15) is 0 Å². The van der Waals surface area contributed by atoms with E-state index in [0.29, 0.717) is 6.54 Å². The summed E-state index contributed by atoms with van der Waals surface area (Å²) >= 11 is 0. The third-order valence-corrected chi connectivity index (χ3v) is 3.03. The van der Waals surface area contributed by atoms with Crippen molar-refractivity contribution in [1.82, 2.24) is 5.32 Å². The maximum Gasteiger partial charge on any atom is 0.238 e. The molecule has 0 aliphatic rings. The molecule has 0 bridgehead atoms. The summed E-state index contributed by atoms with van der Waals surface area (Å²) in [6, 6.07) is 8.06. The zero-order valence-electron chi connectivity index (χ0n) is 12.5. The zero-order chi connectivity index (χ0) is 14.3. The van der Waals surface area contributed by atoms with Crippen molar-refractivity contribution in [3.63, 3.8) is 0 Å². The SMILES string of the molecule is CCCCNCC(=O)Nc1ccc(C(C)(C)C)cc1. The van der Waals surface area contributed by atoms with Gasteiger partial charge in [-0.05, 0) is 36.1 Å². The summed E-state index contributed by atoms with van der Waals surface area (Å²) in [5, 5.41) is 6.03. The summed E-state index contributed by atoms with van der Waals surface area (Å²) < 4.78 is 0. The summed E-state index contributed by atoms with van der Waals surface area (Å²) in [6.45, 7) is 9.95. The quantitative estimate of drug-likeness (QED) is 0.772. The number of carbonyl (C=O) groups excluding carboxylic acids is 1. The third-order valence-electron chi connectivity index (χ3n) is 3.03. The zero-order valence-corrected chi connectivity index (χ0v) is 12.5. The second kappa shape index (κ2) is 7.29. The lowest BCUT2D eigenvalue weighted by Gasteiger charge is -2.19. The Labute approximate surface area is 116 Å². The lowest BCUT2D eigenvalue weighted by atomic mass is 9.87. The number of nitrogens with one attached hydrogen (secondary N) is 2. The van der Waals surface area contributed by atoms with Crippen LogP contribution in [0.5, 0.6) is 0 Å². The summed E-state index contributed by atoms with van der Waals surface area (Å²) in [7, 11) is 0. The Hall–Kier alpha value is -1.35. The Morgan fingerprint density at radius 3 is 2.32 bits per heavy atom. The molecular weight excluding hydrogens is 236 g/mol. The molecule has 2 N–H and O–H groups in total. The fourth-order valence-electron chi connectivity index (χ4n) is 1.76. The van der Waals surface area contributed by atoms with E-state index in [1.54, 1.807) is 0 Å². The molecule has 0 fully saturated rings. The van der Waals surface area contributed by atoms with Crippen LogP contribution in [0.25, 0.3) is 0 Å². The minimum atomic E-state index is 0.0135. The van der Waals surface area contributed by atoms with Gasteiger partial charge in [0.05, 0.1) is 6.54 Å². The summed E-state index contributed by atoms with van der Waals surface area (Å²) in [5.41, 5.74) is 2.27. The number of unbranched alkanes of at least 4 members (excludes halogenated alkanes) is 1. The molecule has 0 heterocycles. The molecule has 0 unspecified atom stereocenters. The number of hydrogen-bond acceptors (Lipinski definition) is 2. The number of benzene rings is 1. The van der Waals surface area contributed by atoms with E-state index in [2.05, 4.69) is 50.5 Å². The number of anilines is 1. The Morgan fingerprint density at radius 1 is 1.16 bits per heavy atom. The molecule has 1 amide bonds. The first kappa shape index (κ1) is 15.7. The Morgan fingerprint density at radius 2 is 1.79 bits per heavy atom.